The van der Waals surface area contributed by atoms with Crippen LogP contribution in [-0.4, -0.2) is 50.5 Å². The molecule has 0 fully saturated rings. The van der Waals surface area contributed by atoms with Crippen molar-refractivity contribution in [1.29, 1.82) is 0 Å². The van der Waals surface area contributed by atoms with Gasteiger partial charge in [0.25, 0.3) is 0 Å². The normalized spacial score (nSPS) is 12.4. The summed E-state index contributed by atoms with van der Waals surface area (Å²) in [5, 5.41) is 2.96. The Bertz CT molecular complexity index is 1410. The van der Waals surface area contributed by atoms with Crippen LogP contribution in [0.15, 0.2) is 78.9 Å². The molecule has 0 aliphatic heterocycles. The van der Waals surface area contributed by atoms with Gasteiger partial charge < -0.3 is 10.2 Å². The van der Waals surface area contributed by atoms with E-state index in [9.17, 15) is 18.0 Å². The van der Waals surface area contributed by atoms with Gasteiger partial charge in [-0.15, -0.1) is 0 Å². The van der Waals surface area contributed by atoms with Crippen molar-refractivity contribution in [1.82, 2.24) is 10.2 Å². The Balaban J connectivity index is 2.04. The minimum absolute atomic E-state index is 0.106. The van der Waals surface area contributed by atoms with Crippen LogP contribution < -0.4 is 9.62 Å². The first-order chi connectivity index (χ1) is 19.3. The molecular formula is C33H43N3O4S. The molecule has 0 bridgehead atoms. The van der Waals surface area contributed by atoms with Gasteiger partial charge in [-0.25, -0.2) is 8.42 Å². The topological polar surface area (TPSA) is 86.8 Å². The molecule has 1 N–H and O–H groups in total. The number of sulfonamides is 1. The van der Waals surface area contributed by atoms with Gasteiger partial charge >= 0.3 is 0 Å². The molecule has 8 heteroatoms. The van der Waals surface area contributed by atoms with Crippen LogP contribution in [0.2, 0.25) is 0 Å². The highest BCUT2D eigenvalue weighted by molar-refractivity contribution is 7.92. The molecule has 220 valence electrons. The molecule has 1 atom stereocenters. The van der Waals surface area contributed by atoms with Crippen molar-refractivity contribution < 1.29 is 18.0 Å². The molecule has 0 spiro atoms. The molecule has 0 aliphatic rings. The number of hydrogen-bond donors (Lipinski definition) is 1. The first kappa shape index (κ1) is 31.9. The van der Waals surface area contributed by atoms with E-state index in [0.717, 1.165) is 39.2 Å². The van der Waals surface area contributed by atoms with Crippen LogP contribution >= 0.6 is 0 Å². The molecule has 0 heterocycles. The molecule has 0 radical (unpaired) electrons. The van der Waals surface area contributed by atoms with Gasteiger partial charge in [0, 0.05) is 19.5 Å². The van der Waals surface area contributed by atoms with E-state index in [1.807, 2.05) is 80.6 Å². The number of carbonyl (C=O) groups is 2. The second-order valence-corrected chi connectivity index (χ2v) is 13.4. The van der Waals surface area contributed by atoms with Crippen LogP contribution in [0.5, 0.6) is 0 Å². The lowest BCUT2D eigenvalue weighted by atomic mass is 9.87. The Hall–Kier alpha value is -3.65. The average molecular weight is 578 g/mol. The number of carbonyl (C=O) groups excluding carboxylic acids is 2. The molecule has 2 amide bonds. The fraction of sp³-hybridized carbons (Fsp3) is 0.394. The molecule has 3 aromatic rings. The van der Waals surface area contributed by atoms with Gasteiger partial charge in [-0.1, -0.05) is 94.4 Å². The van der Waals surface area contributed by atoms with Gasteiger partial charge in [-0.05, 0) is 53.1 Å². The lowest BCUT2D eigenvalue weighted by molar-refractivity contribution is -0.140. The molecular weight excluding hydrogens is 534 g/mol. The maximum absolute atomic E-state index is 14.2. The van der Waals surface area contributed by atoms with Crippen molar-refractivity contribution in [2.45, 2.75) is 65.5 Å². The molecule has 0 aromatic heterocycles. The van der Waals surface area contributed by atoms with Gasteiger partial charge in [-0.2, -0.15) is 0 Å². The first-order valence-corrected chi connectivity index (χ1v) is 15.9. The molecule has 3 aromatic carbocycles. The van der Waals surface area contributed by atoms with Crippen molar-refractivity contribution >= 4 is 27.5 Å². The summed E-state index contributed by atoms with van der Waals surface area (Å²) in [6.45, 7) is 10.4. The quantitative estimate of drug-likeness (QED) is 0.320. The fourth-order valence-electron chi connectivity index (χ4n) is 4.63. The van der Waals surface area contributed by atoms with Crippen LogP contribution in [0.3, 0.4) is 0 Å². The van der Waals surface area contributed by atoms with E-state index in [1.54, 1.807) is 12.1 Å². The molecule has 0 saturated heterocycles. The summed E-state index contributed by atoms with van der Waals surface area (Å²) in [4.78, 5) is 29.3. The van der Waals surface area contributed by atoms with Gasteiger partial charge in [0.2, 0.25) is 21.8 Å². The summed E-state index contributed by atoms with van der Waals surface area (Å²) < 4.78 is 27.1. The van der Waals surface area contributed by atoms with E-state index in [-0.39, 0.29) is 17.9 Å². The molecule has 0 aliphatic carbocycles. The van der Waals surface area contributed by atoms with Crippen molar-refractivity contribution in [3.8, 4) is 0 Å². The maximum Gasteiger partial charge on any atom is 0.244 e. The van der Waals surface area contributed by atoms with Crippen molar-refractivity contribution in [3.05, 3.63) is 101 Å². The van der Waals surface area contributed by atoms with Crippen LogP contribution in [0, 0.1) is 6.92 Å². The third-order valence-electron chi connectivity index (χ3n) is 7.12. The maximum atomic E-state index is 14.2. The average Bonchev–Trinajstić information content (AvgIpc) is 2.92. The van der Waals surface area contributed by atoms with E-state index in [1.165, 1.54) is 4.90 Å². The van der Waals surface area contributed by atoms with Crippen molar-refractivity contribution in [2.24, 2.45) is 0 Å². The fourth-order valence-corrected chi connectivity index (χ4v) is 5.48. The first-order valence-electron chi connectivity index (χ1n) is 14.0. The van der Waals surface area contributed by atoms with Crippen molar-refractivity contribution in [2.75, 3.05) is 23.7 Å². The highest BCUT2D eigenvalue weighted by Crippen LogP contribution is 2.26. The number of amides is 2. The smallest absolute Gasteiger partial charge is 0.244 e. The Morgan fingerprint density at radius 1 is 0.902 bits per heavy atom. The predicted octanol–water partition coefficient (Wildman–Crippen LogP) is 5.22. The largest absolute Gasteiger partial charge is 0.354 e. The number of nitrogens with one attached hydrogen (secondary N) is 1. The minimum Gasteiger partial charge on any atom is -0.354 e. The molecule has 0 saturated carbocycles. The van der Waals surface area contributed by atoms with Crippen LogP contribution in [0.25, 0.3) is 0 Å². The highest BCUT2D eigenvalue weighted by Gasteiger charge is 2.33. The van der Waals surface area contributed by atoms with E-state index < -0.39 is 28.5 Å². The summed E-state index contributed by atoms with van der Waals surface area (Å²) in [7, 11) is -3.81. The number of aryl methyl sites for hydroxylation is 1. The van der Waals surface area contributed by atoms with Crippen molar-refractivity contribution in [3.63, 3.8) is 0 Å². The third-order valence-corrected chi connectivity index (χ3v) is 8.26. The Morgan fingerprint density at radius 2 is 1.51 bits per heavy atom. The summed E-state index contributed by atoms with van der Waals surface area (Å²) in [6, 6.07) is 23.7. The number of benzene rings is 3. The number of hydrogen-bond acceptors (Lipinski definition) is 4. The predicted molar refractivity (Wildman–Crippen MR) is 166 cm³/mol. The van der Waals surface area contributed by atoms with Gasteiger partial charge in [-0.3, -0.25) is 13.9 Å². The Morgan fingerprint density at radius 3 is 2.07 bits per heavy atom. The second-order valence-electron chi connectivity index (χ2n) is 11.5. The highest BCUT2D eigenvalue weighted by atomic mass is 32.2. The monoisotopic (exact) mass is 577 g/mol. The van der Waals surface area contributed by atoms with E-state index in [0.29, 0.717) is 18.7 Å². The van der Waals surface area contributed by atoms with Crippen LogP contribution in [0.1, 0.15) is 56.4 Å². The number of rotatable bonds is 12. The lowest BCUT2D eigenvalue weighted by Gasteiger charge is -2.34. The third kappa shape index (κ3) is 8.92. The standard InChI is InChI=1S/C33H43N3O4S/c1-7-21-34-32(38)30(22-26-14-9-8-10-15-26)35(23-27-16-12-11-13-25(27)2)31(37)24-36(41(6,39)40)29-19-17-28(18-20-29)33(3,4)5/h8-20,30H,7,21-24H2,1-6H3,(H,34,38). The summed E-state index contributed by atoms with van der Waals surface area (Å²) in [5.41, 5.74) is 4.13. The Labute approximate surface area is 245 Å². The molecule has 3 rings (SSSR count). The van der Waals surface area contributed by atoms with E-state index in [4.69, 9.17) is 0 Å². The van der Waals surface area contributed by atoms with Gasteiger partial charge in [0.15, 0.2) is 0 Å². The van der Waals surface area contributed by atoms with Gasteiger partial charge in [0.05, 0.1) is 11.9 Å². The number of nitrogens with zero attached hydrogens (tertiary/aromatic N) is 2. The Kier molecular flexibility index (Phi) is 10.7. The van der Waals surface area contributed by atoms with Gasteiger partial charge in [0.1, 0.15) is 12.6 Å². The number of anilines is 1. The summed E-state index contributed by atoms with van der Waals surface area (Å²) >= 11 is 0. The summed E-state index contributed by atoms with van der Waals surface area (Å²) in [5.74, 6) is -0.718. The zero-order chi connectivity index (χ0) is 30.2. The zero-order valence-corrected chi connectivity index (χ0v) is 25.9. The SMILES string of the molecule is CCCNC(=O)C(Cc1ccccc1)N(Cc1ccccc1C)C(=O)CN(c1ccc(C(C)(C)C)cc1)S(C)(=O)=O. The summed E-state index contributed by atoms with van der Waals surface area (Å²) in [6.07, 6.45) is 2.15. The van der Waals surface area contributed by atoms with E-state index >= 15 is 0 Å². The molecule has 1 unspecified atom stereocenters. The lowest BCUT2D eigenvalue weighted by Crippen LogP contribution is -2.53. The minimum atomic E-state index is -3.81. The van der Waals surface area contributed by atoms with E-state index in [2.05, 4.69) is 26.1 Å². The van der Waals surface area contributed by atoms with Crippen LogP contribution in [0.4, 0.5) is 5.69 Å². The zero-order valence-electron chi connectivity index (χ0n) is 25.1. The second kappa shape index (κ2) is 13.8. The molecule has 41 heavy (non-hydrogen) atoms. The van der Waals surface area contributed by atoms with Crippen LogP contribution in [-0.2, 0) is 38.0 Å². The molecule has 7 nitrogen and oxygen atoms in total.